The van der Waals surface area contributed by atoms with Crippen molar-refractivity contribution in [3.63, 3.8) is 0 Å². The molecular weight excluding hydrogens is 444 g/mol. The lowest BCUT2D eigenvalue weighted by atomic mass is 9.95. The van der Waals surface area contributed by atoms with Gasteiger partial charge >= 0.3 is 0 Å². The van der Waals surface area contributed by atoms with Crippen molar-refractivity contribution < 1.29 is 19.4 Å². The molecular formula is C27H30N4O4. The summed E-state index contributed by atoms with van der Waals surface area (Å²) in [4.78, 5) is 34.0. The molecule has 1 N–H and O–H groups in total. The third-order valence-corrected chi connectivity index (χ3v) is 6.06. The summed E-state index contributed by atoms with van der Waals surface area (Å²) in [5.74, 6) is -0.921. The van der Waals surface area contributed by atoms with Gasteiger partial charge in [-0.25, -0.2) is 4.98 Å². The SMILES string of the molecule is CCOc1cccc(C(O)=C2C(=O)C(=O)N(CCCn3ccnc3)C2c2ccc(N(C)C)cc2)c1. The minimum absolute atomic E-state index is 0.0869. The first-order valence-electron chi connectivity index (χ1n) is 11.7. The van der Waals surface area contributed by atoms with Gasteiger partial charge in [-0.1, -0.05) is 24.3 Å². The molecule has 8 nitrogen and oxygen atoms in total. The van der Waals surface area contributed by atoms with E-state index in [1.165, 1.54) is 0 Å². The van der Waals surface area contributed by atoms with Crippen LogP contribution in [0.2, 0.25) is 0 Å². The number of aliphatic hydroxyl groups excluding tert-OH is 1. The van der Waals surface area contributed by atoms with Gasteiger partial charge < -0.3 is 24.2 Å². The van der Waals surface area contributed by atoms with Gasteiger partial charge in [-0.2, -0.15) is 0 Å². The van der Waals surface area contributed by atoms with Gasteiger partial charge in [0.05, 0.1) is 24.5 Å². The maximum absolute atomic E-state index is 13.2. The van der Waals surface area contributed by atoms with Gasteiger partial charge in [0.2, 0.25) is 0 Å². The number of nitrogens with zero attached hydrogens (tertiary/aromatic N) is 4. The highest BCUT2D eigenvalue weighted by Gasteiger charge is 2.45. The smallest absolute Gasteiger partial charge is 0.295 e. The molecule has 0 saturated carbocycles. The Balaban J connectivity index is 1.74. The first-order valence-corrected chi connectivity index (χ1v) is 11.7. The Hall–Kier alpha value is -4.07. The normalized spacial score (nSPS) is 17.1. The second-order valence-electron chi connectivity index (χ2n) is 8.59. The number of hydrogen-bond donors (Lipinski definition) is 1. The lowest BCUT2D eigenvalue weighted by molar-refractivity contribution is -0.139. The number of amides is 1. The predicted octanol–water partition coefficient (Wildman–Crippen LogP) is 3.86. The zero-order chi connectivity index (χ0) is 24.9. The summed E-state index contributed by atoms with van der Waals surface area (Å²) >= 11 is 0. The maximum Gasteiger partial charge on any atom is 0.295 e. The highest BCUT2D eigenvalue weighted by Crippen LogP contribution is 2.40. The van der Waals surface area contributed by atoms with Gasteiger partial charge in [0.1, 0.15) is 11.5 Å². The van der Waals surface area contributed by atoms with Crippen molar-refractivity contribution in [1.29, 1.82) is 0 Å². The molecule has 0 bridgehead atoms. The summed E-state index contributed by atoms with van der Waals surface area (Å²) in [6, 6.07) is 13.9. The largest absolute Gasteiger partial charge is 0.507 e. The van der Waals surface area contributed by atoms with E-state index in [4.69, 9.17) is 4.74 Å². The van der Waals surface area contributed by atoms with Crippen molar-refractivity contribution >= 4 is 23.1 Å². The van der Waals surface area contributed by atoms with E-state index < -0.39 is 17.7 Å². The minimum atomic E-state index is -0.690. The number of aliphatic hydroxyl groups is 1. The number of likely N-dealkylation sites (tertiary alicyclic amines) is 1. The maximum atomic E-state index is 13.2. The van der Waals surface area contributed by atoms with Crippen LogP contribution in [0.25, 0.3) is 5.76 Å². The summed E-state index contributed by atoms with van der Waals surface area (Å²) in [7, 11) is 3.89. The van der Waals surface area contributed by atoms with Gasteiger partial charge in [0.25, 0.3) is 11.7 Å². The number of anilines is 1. The first kappa shape index (κ1) is 24.1. The summed E-state index contributed by atoms with van der Waals surface area (Å²) < 4.78 is 7.48. The first-order chi connectivity index (χ1) is 16.9. The van der Waals surface area contributed by atoms with E-state index in [-0.39, 0.29) is 11.3 Å². The molecule has 4 rings (SSSR count). The predicted molar refractivity (Wildman–Crippen MR) is 134 cm³/mol. The molecule has 3 aromatic rings. The number of carbonyl (C=O) groups is 2. The number of ether oxygens (including phenoxy) is 1. The lowest BCUT2D eigenvalue weighted by Crippen LogP contribution is -2.31. The van der Waals surface area contributed by atoms with Crippen LogP contribution in [0.1, 0.15) is 30.5 Å². The quantitative estimate of drug-likeness (QED) is 0.288. The third-order valence-electron chi connectivity index (χ3n) is 6.06. The van der Waals surface area contributed by atoms with Crippen molar-refractivity contribution in [2.75, 3.05) is 32.1 Å². The fourth-order valence-corrected chi connectivity index (χ4v) is 4.31. The highest BCUT2D eigenvalue weighted by atomic mass is 16.5. The average molecular weight is 475 g/mol. The number of benzene rings is 2. The van der Waals surface area contributed by atoms with E-state index in [1.54, 1.807) is 41.7 Å². The number of aromatic nitrogens is 2. The molecule has 1 saturated heterocycles. The summed E-state index contributed by atoms with van der Waals surface area (Å²) in [5, 5.41) is 11.3. The van der Waals surface area contributed by atoms with Crippen molar-refractivity contribution in [3.05, 3.63) is 84.0 Å². The van der Waals surface area contributed by atoms with Crippen LogP contribution in [0.15, 0.2) is 72.8 Å². The molecule has 1 aliphatic rings. The van der Waals surface area contributed by atoms with Crippen LogP contribution in [0.4, 0.5) is 5.69 Å². The molecule has 2 heterocycles. The van der Waals surface area contributed by atoms with Crippen molar-refractivity contribution in [1.82, 2.24) is 14.5 Å². The molecule has 0 radical (unpaired) electrons. The zero-order valence-electron chi connectivity index (χ0n) is 20.2. The van der Waals surface area contributed by atoms with E-state index in [1.807, 2.05) is 60.9 Å². The second kappa shape index (κ2) is 10.5. The van der Waals surface area contributed by atoms with Crippen LogP contribution < -0.4 is 9.64 Å². The monoisotopic (exact) mass is 474 g/mol. The van der Waals surface area contributed by atoms with E-state index >= 15 is 0 Å². The van der Waals surface area contributed by atoms with Crippen molar-refractivity contribution in [2.45, 2.75) is 25.9 Å². The molecule has 1 aliphatic heterocycles. The molecule has 2 aromatic carbocycles. The molecule has 182 valence electrons. The fraction of sp³-hybridized carbons (Fsp3) is 0.296. The molecule has 1 aromatic heterocycles. The van der Waals surface area contributed by atoms with Gasteiger partial charge in [-0.05, 0) is 43.2 Å². The topological polar surface area (TPSA) is 87.9 Å². The van der Waals surface area contributed by atoms with Crippen LogP contribution in [-0.4, -0.2) is 58.5 Å². The number of carbonyl (C=O) groups excluding carboxylic acids is 2. The second-order valence-corrected chi connectivity index (χ2v) is 8.59. The zero-order valence-corrected chi connectivity index (χ0v) is 20.2. The third kappa shape index (κ3) is 5.06. The number of rotatable bonds is 9. The van der Waals surface area contributed by atoms with Crippen molar-refractivity contribution in [3.8, 4) is 5.75 Å². The average Bonchev–Trinajstić information content (AvgIpc) is 3.46. The molecule has 0 aliphatic carbocycles. The number of aryl methyl sites for hydroxylation is 1. The summed E-state index contributed by atoms with van der Waals surface area (Å²) in [5.41, 5.74) is 2.28. The van der Waals surface area contributed by atoms with Gasteiger partial charge in [-0.3, -0.25) is 9.59 Å². The molecule has 1 unspecified atom stereocenters. The number of Topliss-reactive ketones (excluding diaryl/α,β-unsaturated/α-hetero) is 1. The Labute approximate surface area is 205 Å². The van der Waals surface area contributed by atoms with E-state index in [0.29, 0.717) is 37.4 Å². The Morgan fingerprint density at radius 1 is 1.11 bits per heavy atom. The number of imidazole rings is 1. The van der Waals surface area contributed by atoms with Gasteiger partial charge in [-0.15, -0.1) is 0 Å². The Kier molecular flexibility index (Phi) is 7.19. The molecule has 35 heavy (non-hydrogen) atoms. The fourth-order valence-electron chi connectivity index (χ4n) is 4.31. The molecule has 1 amide bonds. The summed E-state index contributed by atoms with van der Waals surface area (Å²) in [6.45, 7) is 3.37. The van der Waals surface area contributed by atoms with Crippen molar-refractivity contribution in [2.24, 2.45) is 0 Å². The minimum Gasteiger partial charge on any atom is -0.507 e. The molecule has 1 fully saturated rings. The number of ketones is 1. The standard InChI is InChI=1S/C27H30N4O4/c1-4-35-22-8-5-7-20(17-22)25(32)23-24(19-9-11-21(12-10-19)29(2)3)31(27(34)26(23)33)15-6-14-30-16-13-28-18-30/h5,7-13,16-18,24,32H,4,6,14-15H2,1-3H3. The van der Waals surface area contributed by atoms with Crippen LogP contribution in [0.5, 0.6) is 5.75 Å². The molecule has 8 heteroatoms. The summed E-state index contributed by atoms with van der Waals surface area (Å²) in [6.07, 6.45) is 5.91. The van der Waals surface area contributed by atoms with E-state index in [9.17, 15) is 14.7 Å². The van der Waals surface area contributed by atoms with E-state index in [2.05, 4.69) is 4.98 Å². The van der Waals surface area contributed by atoms with Gasteiger partial charge in [0.15, 0.2) is 0 Å². The van der Waals surface area contributed by atoms with Crippen LogP contribution in [0.3, 0.4) is 0 Å². The number of hydrogen-bond acceptors (Lipinski definition) is 6. The highest BCUT2D eigenvalue weighted by molar-refractivity contribution is 6.46. The lowest BCUT2D eigenvalue weighted by Gasteiger charge is -2.26. The van der Waals surface area contributed by atoms with Gasteiger partial charge in [0, 0.05) is 50.8 Å². The Morgan fingerprint density at radius 2 is 1.89 bits per heavy atom. The molecule has 0 spiro atoms. The Morgan fingerprint density at radius 3 is 2.54 bits per heavy atom. The van der Waals surface area contributed by atoms with Crippen LogP contribution in [0, 0.1) is 0 Å². The van der Waals surface area contributed by atoms with E-state index in [0.717, 1.165) is 11.3 Å². The Bertz CT molecular complexity index is 1220. The van der Waals surface area contributed by atoms with Crippen LogP contribution >= 0.6 is 0 Å². The van der Waals surface area contributed by atoms with Crippen LogP contribution in [-0.2, 0) is 16.1 Å². The molecule has 1 atom stereocenters.